The number of aromatic nitrogens is 1. The van der Waals surface area contributed by atoms with Crippen LogP contribution in [0.3, 0.4) is 0 Å². The summed E-state index contributed by atoms with van der Waals surface area (Å²) in [6.07, 6.45) is 0. The van der Waals surface area contributed by atoms with Crippen molar-refractivity contribution in [3.8, 4) is 11.8 Å². The van der Waals surface area contributed by atoms with E-state index < -0.39 is 5.97 Å². The smallest absolute Gasteiger partial charge is 0.384 e. The molecule has 1 aromatic heterocycles. The van der Waals surface area contributed by atoms with E-state index in [0.717, 1.165) is 5.52 Å². The van der Waals surface area contributed by atoms with Gasteiger partial charge in [-0.15, -0.1) is 0 Å². The predicted octanol–water partition coefficient (Wildman–Crippen LogP) is 2.05. The van der Waals surface area contributed by atoms with Crippen molar-refractivity contribution in [1.82, 2.24) is 4.98 Å². The number of ether oxygens (including phenoxy) is 1. The SMILES string of the molecule is CCOC(=O)C#Cc1ccc2nc(C)oc2c1. The van der Waals surface area contributed by atoms with Crippen LogP contribution in [0.2, 0.25) is 0 Å². The first-order valence-corrected chi connectivity index (χ1v) is 5.25. The number of hydrogen-bond donors (Lipinski definition) is 0. The van der Waals surface area contributed by atoms with E-state index in [-0.39, 0.29) is 0 Å². The maximum Gasteiger partial charge on any atom is 0.384 e. The van der Waals surface area contributed by atoms with Crippen LogP contribution in [-0.4, -0.2) is 17.6 Å². The molecule has 86 valence electrons. The van der Waals surface area contributed by atoms with E-state index in [0.29, 0.717) is 23.6 Å². The molecule has 0 N–H and O–H groups in total. The monoisotopic (exact) mass is 229 g/mol. The summed E-state index contributed by atoms with van der Waals surface area (Å²) in [4.78, 5) is 15.2. The lowest BCUT2D eigenvalue weighted by molar-refractivity contribution is -0.136. The van der Waals surface area contributed by atoms with E-state index in [4.69, 9.17) is 9.15 Å². The molecule has 0 radical (unpaired) electrons. The number of esters is 1. The molecule has 0 atom stereocenters. The van der Waals surface area contributed by atoms with Crippen molar-refractivity contribution in [3.05, 3.63) is 29.7 Å². The number of carbonyl (C=O) groups is 1. The third-order valence-corrected chi connectivity index (χ3v) is 2.08. The van der Waals surface area contributed by atoms with Gasteiger partial charge in [0.25, 0.3) is 0 Å². The van der Waals surface area contributed by atoms with E-state index in [1.165, 1.54) is 0 Å². The average molecular weight is 229 g/mol. The Morgan fingerprint density at radius 2 is 2.35 bits per heavy atom. The quantitative estimate of drug-likeness (QED) is 0.554. The lowest BCUT2D eigenvalue weighted by Gasteiger charge is -1.91. The lowest BCUT2D eigenvalue weighted by Crippen LogP contribution is -1.99. The molecule has 0 aliphatic rings. The van der Waals surface area contributed by atoms with E-state index in [1.54, 1.807) is 32.0 Å². The third-order valence-electron chi connectivity index (χ3n) is 2.08. The molecule has 0 bridgehead atoms. The number of fused-ring (bicyclic) bond motifs is 1. The molecule has 0 saturated carbocycles. The van der Waals surface area contributed by atoms with Gasteiger partial charge in [-0.1, -0.05) is 5.92 Å². The highest BCUT2D eigenvalue weighted by molar-refractivity contribution is 5.89. The highest BCUT2D eigenvalue weighted by Crippen LogP contribution is 2.16. The van der Waals surface area contributed by atoms with Crippen LogP contribution in [0.1, 0.15) is 18.4 Å². The zero-order valence-corrected chi connectivity index (χ0v) is 9.61. The second kappa shape index (κ2) is 4.71. The highest BCUT2D eigenvalue weighted by atomic mass is 16.5. The molecule has 0 amide bonds. The molecule has 1 heterocycles. The number of rotatable bonds is 1. The first kappa shape index (κ1) is 11.2. The Morgan fingerprint density at radius 3 is 3.12 bits per heavy atom. The van der Waals surface area contributed by atoms with Gasteiger partial charge in [0.2, 0.25) is 0 Å². The summed E-state index contributed by atoms with van der Waals surface area (Å²) in [6, 6.07) is 5.35. The number of nitrogens with zero attached hydrogens (tertiary/aromatic N) is 1. The van der Waals surface area contributed by atoms with Gasteiger partial charge in [-0.2, -0.15) is 0 Å². The molecule has 2 rings (SSSR count). The van der Waals surface area contributed by atoms with Crippen LogP contribution in [0.5, 0.6) is 0 Å². The summed E-state index contributed by atoms with van der Waals surface area (Å²) in [5.74, 6) is 5.20. The van der Waals surface area contributed by atoms with Gasteiger partial charge < -0.3 is 9.15 Å². The summed E-state index contributed by atoms with van der Waals surface area (Å²) in [7, 11) is 0. The molecule has 0 fully saturated rings. The maximum atomic E-state index is 11.1. The van der Waals surface area contributed by atoms with Crippen LogP contribution >= 0.6 is 0 Å². The minimum absolute atomic E-state index is 0.327. The van der Waals surface area contributed by atoms with E-state index in [9.17, 15) is 4.79 Å². The fraction of sp³-hybridized carbons (Fsp3) is 0.231. The number of hydrogen-bond acceptors (Lipinski definition) is 4. The minimum Gasteiger partial charge on any atom is -0.456 e. The third kappa shape index (κ3) is 2.64. The van der Waals surface area contributed by atoms with Crippen molar-refractivity contribution >= 4 is 17.1 Å². The second-order valence-corrected chi connectivity index (χ2v) is 3.39. The predicted molar refractivity (Wildman–Crippen MR) is 62.3 cm³/mol. The Bertz CT molecular complexity index is 616. The van der Waals surface area contributed by atoms with Gasteiger partial charge >= 0.3 is 5.97 Å². The van der Waals surface area contributed by atoms with Gasteiger partial charge in [0.15, 0.2) is 11.5 Å². The molecular weight excluding hydrogens is 218 g/mol. The van der Waals surface area contributed by atoms with Crippen LogP contribution in [0.4, 0.5) is 0 Å². The average Bonchev–Trinajstić information content (AvgIpc) is 2.66. The summed E-state index contributed by atoms with van der Waals surface area (Å²) < 4.78 is 10.1. The Balaban J connectivity index is 2.27. The Labute approximate surface area is 98.6 Å². The molecule has 0 saturated heterocycles. The van der Waals surface area contributed by atoms with Crippen molar-refractivity contribution in [2.45, 2.75) is 13.8 Å². The van der Waals surface area contributed by atoms with Crippen molar-refractivity contribution in [2.75, 3.05) is 6.61 Å². The molecule has 0 unspecified atom stereocenters. The minimum atomic E-state index is -0.527. The van der Waals surface area contributed by atoms with Crippen molar-refractivity contribution < 1.29 is 13.9 Å². The molecule has 0 spiro atoms. The van der Waals surface area contributed by atoms with Crippen LogP contribution in [-0.2, 0) is 9.53 Å². The fourth-order valence-electron chi connectivity index (χ4n) is 1.41. The summed E-state index contributed by atoms with van der Waals surface area (Å²) in [5.41, 5.74) is 2.14. The van der Waals surface area contributed by atoms with Gasteiger partial charge in [0.1, 0.15) is 5.52 Å². The molecule has 0 aliphatic carbocycles. The van der Waals surface area contributed by atoms with Gasteiger partial charge in [-0.3, -0.25) is 0 Å². The number of aryl methyl sites for hydroxylation is 1. The first-order chi connectivity index (χ1) is 8.19. The first-order valence-electron chi connectivity index (χ1n) is 5.25. The molecular formula is C13H11NO3. The normalized spacial score (nSPS) is 9.76. The van der Waals surface area contributed by atoms with Crippen LogP contribution in [0.25, 0.3) is 11.1 Å². The second-order valence-electron chi connectivity index (χ2n) is 3.39. The van der Waals surface area contributed by atoms with Gasteiger partial charge in [0, 0.05) is 18.4 Å². The lowest BCUT2D eigenvalue weighted by atomic mass is 10.2. The Hall–Kier alpha value is -2.28. The standard InChI is InChI=1S/C13H11NO3/c1-3-16-13(15)7-5-10-4-6-11-12(8-10)17-9(2)14-11/h4,6,8H,3H2,1-2H3. The molecule has 2 aromatic rings. The number of carbonyl (C=O) groups excluding carboxylic acids is 1. The molecule has 4 heteroatoms. The molecule has 4 nitrogen and oxygen atoms in total. The summed E-state index contributed by atoms with van der Waals surface area (Å²) >= 11 is 0. The van der Waals surface area contributed by atoms with Crippen LogP contribution in [0.15, 0.2) is 22.6 Å². The van der Waals surface area contributed by atoms with Crippen LogP contribution < -0.4 is 0 Å². The van der Waals surface area contributed by atoms with Crippen molar-refractivity contribution in [1.29, 1.82) is 0 Å². The topological polar surface area (TPSA) is 52.3 Å². The molecule has 17 heavy (non-hydrogen) atoms. The summed E-state index contributed by atoms with van der Waals surface area (Å²) in [5, 5.41) is 0. The number of oxazole rings is 1. The number of benzene rings is 1. The van der Waals surface area contributed by atoms with Gasteiger partial charge in [-0.25, -0.2) is 9.78 Å². The van der Waals surface area contributed by atoms with Gasteiger partial charge in [-0.05, 0) is 25.1 Å². The molecule has 0 aliphatic heterocycles. The Kier molecular flexibility index (Phi) is 3.10. The zero-order valence-electron chi connectivity index (χ0n) is 9.61. The van der Waals surface area contributed by atoms with Crippen molar-refractivity contribution in [2.24, 2.45) is 0 Å². The van der Waals surface area contributed by atoms with Crippen LogP contribution in [0, 0.1) is 18.8 Å². The highest BCUT2D eigenvalue weighted by Gasteiger charge is 2.01. The zero-order chi connectivity index (χ0) is 12.3. The fourth-order valence-corrected chi connectivity index (χ4v) is 1.41. The maximum absolute atomic E-state index is 11.1. The van der Waals surface area contributed by atoms with E-state index in [1.807, 2.05) is 0 Å². The largest absolute Gasteiger partial charge is 0.456 e. The van der Waals surface area contributed by atoms with E-state index in [2.05, 4.69) is 16.8 Å². The van der Waals surface area contributed by atoms with Crippen molar-refractivity contribution in [3.63, 3.8) is 0 Å². The van der Waals surface area contributed by atoms with E-state index >= 15 is 0 Å². The summed E-state index contributed by atoms with van der Waals surface area (Å²) in [6.45, 7) is 3.85. The molecule has 1 aromatic carbocycles. The van der Waals surface area contributed by atoms with Gasteiger partial charge in [0.05, 0.1) is 6.61 Å². The Morgan fingerprint density at radius 1 is 1.53 bits per heavy atom.